The molecule has 0 bridgehead atoms. The highest BCUT2D eigenvalue weighted by Gasteiger charge is 2.14. The van der Waals surface area contributed by atoms with Gasteiger partial charge in [-0.25, -0.2) is 8.42 Å². The van der Waals surface area contributed by atoms with Crippen LogP contribution in [0.2, 0.25) is 0 Å². The predicted molar refractivity (Wildman–Crippen MR) is 65.8 cm³/mol. The molecule has 1 aromatic carbocycles. The van der Waals surface area contributed by atoms with Crippen molar-refractivity contribution >= 4 is 25.7 Å². The summed E-state index contributed by atoms with van der Waals surface area (Å²) in [5.41, 5.74) is 0.210. The fourth-order valence-electron chi connectivity index (χ4n) is 1.03. The van der Waals surface area contributed by atoms with E-state index in [0.29, 0.717) is 0 Å². The summed E-state index contributed by atoms with van der Waals surface area (Å²) >= 11 is 0. The molecule has 0 aromatic heterocycles. The van der Waals surface area contributed by atoms with Gasteiger partial charge in [-0.3, -0.25) is 4.72 Å². The largest absolute Gasteiger partial charge is 0.301 e. The number of rotatable bonds is 4. The Morgan fingerprint density at radius 1 is 1.12 bits per heavy atom. The first-order chi connectivity index (χ1) is 7.63. The first-order valence-electron chi connectivity index (χ1n) is 4.63. The standard InChI is InChI=1S/C9H14N2O4S2/c1-11(2)17(14,15)10-8-5-4-6-9(7-8)16(3,12)13/h4-7,10H,1-3H3. The molecule has 1 rings (SSSR count). The van der Waals surface area contributed by atoms with Gasteiger partial charge in [0, 0.05) is 20.4 Å². The third-order valence-electron chi connectivity index (χ3n) is 1.99. The summed E-state index contributed by atoms with van der Waals surface area (Å²) in [7, 11) is -4.22. The Morgan fingerprint density at radius 3 is 2.18 bits per heavy atom. The Kier molecular flexibility index (Phi) is 3.80. The van der Waals surface area contributed by atoms with Crippen molar-refractivity contribution < 1.29 is 16.8 Å². The molecule has 0 fully saturated rings. The van der Waals surface area contributed by atoms with Crippen molar-refractivity contribution in [2.24, 2.45) is 0 Å². The average Bonchev–Trinajstić information content (AvgIpc) is 2.15. The summed E-state index contributed by atoms with van der Waals surface area (Å²) in [6.07, 6.45) is 1.06. The minimum absolute atomic E-state index is 0.0662. The van der Waals surface area contributed by atoms with Crippen LogP contribution in [-0.4, -0.2) is 41.5 Å². The quantitative estimate of drug-likeness (QED) is 0.859. The molecule has 0 unspecified atom stereocenters. The Hall–Kier alpha value is -1.12. The maximum atomic E-state index is 11.5. The molecule has 8 heteroatoms. The van der Waals surface area contributed by atoms with E-state index >= 15 is 0 Å². The molecule has 0 aliphatic carbocycles. The van der Waals surface area contributed by atoms with Gasteiger partial charge in [-0.05, 0) is 18.2 Å². The van der Waals surface area contributed by atoms with E-state index < -0.39 is 20.0 Å². The molecule has 0 saturated carbocycles. The van der Waals surface area contributed by atoms with Crippen molar-refractivity contribution in [3.8, 4) is 0 Å². The normalized spacial score (nSPS) is 12.7. The Bertz CT molecular complexity index is 606. The highest BCUT2D eigenvalue weighted by molar-refractivity contribution is 7.91. The summed E-state index contributed by atoms with van der Waals surface area (Å²) in [5, 5.41) is 0. The SMILES string of the molecule is CN(C)S(=O)(=O)Nc1cccc(S(C)(=O)=O)c1. The predicted octanol–water partition coefficient (Wildman–Crippen LogP) is 0.308. The molecule has 0 amide bonds. The molecule has 17 heavy (non-hydrogen) atoms. The van der Waals surface area contributed by atoms with Crippen molar-refractivity contribution in [2.75, 3.05) is 25.1 Å². The number of hydrogen-bond donors (Lipinski definition) is 1. The summed E-state index contributed by atoms with van der Waals surface area (Å²) in [6, 6.07) is 5.64. The molecule has 0 radical (unpaired) electrons. The highest BCUT2D eigenvalue weighted by atomic mass is 32.2. The fraction of sp³-hybridized carbons (Fsp3) is 0.333. The van der Waals surface area contributed by atoms with E-state index in [2.05, 4.69) is 4.72 Å². The maximum Gasteiger partial charge on any atom is 0.301 e. The van der Waals surface area contributed by atoms with Crippen LogP contribution in [0.1, 0.15) is 0 Å². The minimum Gasteiger partial charge on any atom is -0.271 e. The van der Waals surface area contributed by atoms with E-state index in [1.807, 2.05) is 0 Å². The molecular weight excluding hydrogens is 264 g/mol. The zero-order valence-electron chi connectivity index (χ0n) is 9.71. The van der Waals surface area contributed by atoms with E-state index in [4.69, 9.17) is 0 Å². The minimum atomic E-state index is -3.62. The monoisotopic (exact) mass is 278 g/mol. The van der Waals surface area contributed by atoms with Crippen molar-refractivity contribution in [2.45, 2.75) is 4.90 Å². The zero-order valence-corrected chi connectivity index (χ0v) is 11.3. The van der Waals surface area contributed by atoms with Gasteiger partial charge in [-0.1, -0.05) is 6.07 Å². The number of nitrogens with zero attached hydrogens (tertiary/aromatic N) is 1. The number of sulfone groups is 1. The summed E-state index contributed by atoms with van der Waals surface area (Å²) in [5.74, 6) is 0. The van der Waals surface area contributed by atoms with Gasteiger partial charge in [0.15, 0.2) is 9.84 Å². The second-order valence-electron chi connectivity index (χ2n) is 3.69. The molecular formula is C9H14N2O4S2. The summed E-state index contributed by atoms with van der Waals surface area (Å²) in [4.78, 5) is 0.0662. The van der Waals surface area contributed by atoms with E-state index in [1.54, 1.807) is 0 Å². The van der Waals surface area contributed by atoms with Gasteiger partial charge in [0.25, 0.3) is 0 Å². The van der Waals surface area contributed by atoms with Crippen LogP contribution in [0.25, 0.3) is 0 Å². The molecule has 0 spiro atoms. The van der Waals surface area contributed by atoms with E-state index in [1.165, 1.54) is 38.4 Å². The topological polar surface area (TPSA) is 83.6 Å². The van der Waals surface area contributed by atoms with Gasteiger partial charge in [-0.15, -0.1) is 0 Å². The first-order valence-corrected chi connectivity index (χ1v) is 7.96. The second kappa shape index (κ2) is 4.63. The molecule has 0 heterocycles. The second-order valence-corrected chi connectivity index (χ2v) is 7.59. The molecule has 0 saturated heterocycles. The molecule has 0 aliphatic heterocycles. The van der Waals surface area contributed by atoms with E-state index in [9.17, 15) is 16.8 Å². The smallest absolute Gasteiger partial charge is 0.271 e. The summed E-state index contributed by atoms with van der Waals surface area (Å²) < 4.78 is 48.9. The van der Waals surface area contributed by atoms with Crippen molar-refractivity contribution in [3.63, 3.8) is 0 Å². The van der Waals surface area contributed by atoms with E-state index in [0.717, 1.165) is 10.6 Å². The maximum absolute atomic E-state index is 11.5. The van der Waals surface area contributed by atoms with Gasteiger partial charge in [0.1, 0.15) is 0 Å². The number of anilines is 1. The lowest BCUT2D eigenvalue weighted by Gasteiger charge is -2.13. The van der Waals surface area contributed by atoms with Crippen LogP contribution < -0.4 is 4.72 Å². The van der Waals surface area contributed by atoms with Crippen LogP contribution >= 0.6 is 0 Å². The zero-order chi connectivity index (χ0) is 13.3. The lowest BCUT2D eigenvalue weighted by Crippen LogP contribution is -2.28. The Morgan fingerprint density at radius 2 is 1.71 bits per heavy atom. The molecule has 6 nitrogen and oxygen atoms in total. The summed E-state index contributed by atoms with van der Waals surface area (Å²) in [6.45, 7) is 0. The third-order valence-corrected chi connectivity index (χ3v) is 4.56. The number of hydrogen-bond acceptors (Lipinski definition) is 4. The van der Waals surface area contributed by atoms with Crippen LogP contribution in [0.4, 0.5) is 5.69 Å². The van der Waals surface area contributed by atoms with Gasteiger partial charge < -0.3 is 0 Å². The first kappa shape index (κ1) is 13.9. The molecule has 0 aliphatic rings. The number of benzene rings is 1. The van der Waals surface area contributed by atoms with E-state index in [-0.39, 0.29) is 10.6 Å². The lowest BCUT2D eigenvalue weighted by molar-refractivity contribution is 0.526. The van der Waals surface area contributed by atoms with Crippen molar-refractivity contribution in [1.82, 2.24) is 4.31 Å². The lowest BCUT2D eigenvalue weighted by atomic mass is 10.3. The van der Waals surface area contributed by atoms with Gasteiger partial charge >= 0.3 is 10.2 Å². The van der Waals surface area contributed by atoms with Crippen molar-refractivity contribution in [3.05, 3.63) is 24.3 Å². The Labute approximate surface area is 101 Å². The van der Waals surface area contributed by atoms with Crippen LogP contribution in [0.5, 0.6) is 0 Å². The third kappa shape index (κ3) is 3.69. The molecule has 0 atom stereocenters. The molecule has 1 aromatic rings. The van der Waals surface area contributed by atoms with Crippen molar-refractivity contribution in [1.29, 1.82) is 0 Å². The number of nitrogens with one attached hydrogen (secondary N) is 1. The molecule has 96 valence electrons. The average molecular weight is 278 g/mol. The van der Waals surface area contributed by atoms with Crippen LogP contribution in [0.15, 0.2) is 29.2 Å². The van der Waals surface area contributed by atoms with Crippen LogP contribution in [-0.2, 0) is 20.0 Å². The van der Waals surface area contributed by atoms with Crippen LogP contribution in [0, 0.1) is 0 Å². The van der Waals surface area contributed by atoms with Gasteiger partial charge in [0.2, 0.25) is 0 Å². The van der Waals surface area contributed by atoms with Crippen LogP contribution in [0.3, 0.4) is 0 Å². The van der Waals surface area contributed by atoms with Gasteiger partial charge in [0.05, 0.1) is 10.6 Å². The fourth-order valence-corrected chi connectivity index (χ4v) is 2.30. The Balaban J connectivity index is 3.11. The molecule has 1 N–H and O–H groups in total. The highest BCUT2D eigenvalue weighted by Crippen LogP contribution is 2.16. The van der Waals surface area contributed by atoms with Gasteiger partial charge in [-0.2, -0.15) is 12.7 Å².